The van der Waals surface area contributed by atoms with E-state index in [0.29, 0.717) is 12.5 Å². The number of piperazine rings is 1. The number of carbonyl (C=O) groups excluding carboxylic acids is 1. The Hall–Kier alpha value is -2.43. The minimum Gasteiger partial charge on any atom is -0.324 e. The molecule has 4 heteroatoms. The maximum Gasteiger partial charge on any atom is 0.238 e. The quantitative estimate of drug-likeness (QED) is 0.760. The molecule has 1 saturated heterocycles. The highest BCUT2D eigenvalue weighted by Crippen LogP contribution is 2.27. The van der Waals surface area contributed by atoms with Gasteiger partial charge in [0.1, 0.15) is 0 Å². The molecular formula is C25H33N3O. The lowest BCUT2D eigenvalue weighted by atomic mass is 9.98. The van der Waals surface area contributed by atoms with Crippen LogP contribution in [-0.4, -0.2) is 55.0 Å². The average molecular weight is 392 g/mol. The number of aryl methyl sites for hydroxylation is 1. The molecule has 2 aromatic carbocycles. The van der Waals surface area contributed by atoms with Gasteiger partial charge in [-0.25, -0.2) is 0 Å². The van der Waals surface area contributed by atoms with Crippen molar-refractivity contribution in [2.45, 2.75) is 26.7 Å². The Morgan fingerprint density at radius 1 is 1.00 bits per heavy atom. The number of rotatable bonds is 7. The zero-order chi connectivity index (χ0) is 20.6. The summed E-state index contributed by atoms with van der Waals surface area (Å²) in [6.45, 7) is 11.6. The molecule has 1 heterocycles. The topological polar surface area (TPSA) is 35.6 Å². The maximum absolute atomic E-state index is 12.6. The van der Waals surface area contributed by atoms with E-state index in [4.69, 9.17) is 0 Å². The number of nitrogens with one attached hydrogen (secondary N) is 1. The summed E-state index contributed by atoms with van der Waals surface area (Å²) in [5.74, 6) is 0.469. The van der Waals surface area contributed by atoms with E-state index in [1.54, 1.807) is 0 Å². The molecule has 4 nitrogen and oxygen atoms in total. The Kier molecular flexibility index (Phi) is 7.62. The number of nitrogens with zero attached hydrogens (tertiary/aromatic N) is 2. The Bertz CT molecular complexity index is 821. The van der Waals surface area contributed by atoms with Gasteiger partial charge in [0.05, 0.1) is 6.54 Å². The molecule has 0 unspecified atom stereocenters. The molecule has 1 aliphatic rings. The van der Waals surface area contributed by atoms with Gasteiger partial charge in [0, 0.05) is 38.4 Å². The van der Waals surface area contributed by atoms with E-state index in [1.807, 2.05) is 6.07 Å². The van der Waals surface area contributed by atoms with Gasteiger partial charge in [-0.3, -0.25) is 14.6 Å². The van der Waals surface area contributed by atoms with Crippen molar-refractivity contribution < 1.29 is 4.79 Å². The summed E-state index contributed by atoms with van der Waals surface area (Å²) in [7, 11) is 0. The molecule has 0 spiro atoms. The molecule has 1 fully saturated rings. The van der Waals surface area contributed by atoms with Gasteiger partial charge in [-0.05, 0) is 29.5 Å². The molecule has 29 heavy (non-hydrogen) atoms. The third-order valence-electron chi connectivity index (χ3n) is 5.50. The summed E-state index contributed by atoms with van der Waals surface area (Å²) in [6.07, 6.45) is 4.40. The lowest BCUT2D eigenvalue weighted by molar-refractivity contribution is -0.117. The molecule has 0 aromatic heterocycles. The lowest BCUT2D eigenvalue weighted by Crippen LogP contribution is -2.48. The summed E-state index contributed by atoms with van der Waals surface area (Å²) in [4.78, 5) is 17.3. The van der Waals surface area contributed by atoms with Crippen LogP contribution in [-0.2, 0) is 4.79 Å². The third-order valence-corrected chi connectivity index (χ3v) is 5.50. The van der Waals surface area contributed by atoms with Crippen molar-refractivity contribution in [2.75, 3.05) is 44.6 Å². The van der Waals surface area contributed by atoms with E-state index < -0.39 is 0 Å². The maximum atomic E-state index is 12.6. The number of hydrogen-bond donors (Lipinski definition) is 1. The first-order chi connectivity index (χ1) is 14.0. The SMILES string of the molecule is Cc1cccc(C(C)C)c1NC(=O)CN1CCN(C/C=C/c2ccccc2)CC1. The molecule has 0 aliphatic carbocycles. The van der Waals surface area contributed by atoms with Gasteiger partial charge in [-0.2, -0.15) is 0 Å². The number of anilines is 1. The van der Waals surface area contributed by atoms with E-state index in [0.717, 1.165) is 44.0 Å². The van der Waals surface area contributed by atoms with Crippen LogP contribution in [0.2, 0.25) is 0 Å². The molecule has 3 rings (SSSR count). The molecule has 0 bridgehead atoms. The number of benzene rings is 2. The normalized spacial score (nSPS) is 15.9. The number of amides is 1. The van der Waals surface area contributed by atoms with E-state index in [-0.39, 0.29) is 5.91 Å². The van der Waals surface area contributed by atoms with Gasteiger partial charge in [0.25, 0.3) is 0 Å². The van der Waals surface area contributed by atoms with Crippen LogP contribution < -0.4 is 5.32 Å². The molecular weight excluding hydrogens is 358 g/mol. The Morgan fingerprint density at radius 3 is 2.38 bits per heavy atom. The van der Waals surface area contributed by atoms with Gasteiger partial charge < -0.3 is 5.32 Å². The zero-order valence-corrected chi connectivity index (χ0v) is 17.9. The van der Waals surface area contributed by atoms with Gasteiger partial charge in [0.15, 0.2) is 0 Å². The van der Waals surface area contributed by atoms with E-state index in [9.17, 15) is 4.79 Å². The summed E-state index contributed by atoms with van der Waals surface area (Å²) in [5, 5.41) is 3.17. The van der Waals surface area contributed by atoms with Crippen molar-refractivity contribution in [1.29, 1.82) is 0 Å². The second-order valence-corrected chi connectivity index (χ2v) is 8.13. The summed E-state index contributed by atoms with van der Waals surface area (Å²) < 4.78 is 0. The fraction of sp³-hybridized carbons (Fsp3) is 0.400. The van der Waals surface area contributed by atoms with Gasteiger partial charge in [-0.1, -0.05) is 74.5 Å². The molecule has 0 radical (unpaired) electrons. The van der Waals surface area contributed by atoms with Crippen molar-refractivity contribution in [3.63, 3.8) is 0 Å². The summed E-state index contributed by atoms with van der Waals surface area (Å²) in [5.41, 5.74) is 4.55. The van der Waals surface area contributed by atoms with E-state index in [2.05, 4.69) is 90.5 Å². The van der Waals surface area contributed by atoms with Crippen LogP contribution in [0.3, 0.4) is 0 Å². The average Bonchev–Trinajstić information content (AvgIpc) is 2.71. The van der Waals surface area contributed by atoms with Crippen LogP contribution in [0.1, 0.15) is 36.5 Å². The number of para-hydroxylation sites is 1. The van der Waals surface area contributed by atoms with Crippen molar-refractivity contribution in [2.24, 2.45) is 0 Å². The van der Waals surface area contributed by atoms with Gasteiger partial charge in [0.2, 0.25) is 5.91 Å². The predicted octanol–water partition coefficient (Wildman–Crippen LogP) is 4.39. The van der Waals surface area contributed by atoms with E-state index in [1.165, 1.54) is 11.1 Å². The molecule has 1 N–H and O–H groups in total. The highest BCUT2D eigenvalue weighted by atomic mass is 16.2. The number of carbonyl (C=O) groups is 1. The molecule has 2 aromatic rings. The van der Waals surface area contributed by atoms with Crippen LogP contribution in [0.25, 0.3) is 6.08 Å². The largest absolute Gasteiger partial charge is 0.324 e. The second kappa shape index (κ2) is 10.4. The van der Waals surface area contributed by atoms with Crippen molar-refractivity contribution in [1.82, 2.24) is 9.80 Å². The minimum atomic E-state index is 0.0821. The first kappa shape index (κ1) is 21.3. The molecule has 1 amide bonds. The third kappa shape index (κ3) is 6.28. The second-order valence-electron chi connectivity index (χ2n) is 8.13. The first-order valence-electron chi connectivity index (χ1n) is 10.6. The number of hydrogen-bond acceptors (Lipinski definition) is 3. The zero-order valence-electron chi connectivity index (χ0n) is 17.9. The summed E-state index contributed by atoms with van der Waals surface area (Å²) >= 11 is 0. The Balaban J connectivity index is 1.45. The van der Waals surface area contributed by atoms with Crippen LogP contribution in [0, 0.1) is 6.92 Å². The monoisotopic (exact) mass is 391 g/mol. The van der Waals surface area contributed by atoms with Crippen LogP contribution in [0.4, 0.5) is 5.69 Å². The van der Waals surface area contributed by atoms with Crippen molar-refractivity contribution in [3.05, 3.63) is 71.3 Å². The van der Waals surface area contributed by atoms with Crippen LogP contribution in [0.15, 0.2) is 54.6 Å². The minimum absolute atomic E-state index is 0.0821. The predicted molar refractivity (Wildman–Crippen MR) is 122 cm³/mol. The molecule has 1 aliphatic heterocycles. The smallest absolute Gasteiger partial charge is 0.238 e. The highest BCUT2D eigenvalue weighted by molar-refractivity contribution is 5.94. The molecule has 0 saturated carbocycles. The standard InChI is InChI=1S/C25H33N3O/c1-20(2)23-13-7-9-21(3)25(23)26-24(29)19-28-17-15-27(16-18-28)14-8-12-22-10-5-4-6-11-22/h4-13,20H,14-19H2,1-3H3,(H,26,29)/b12-8+. The van der Waals surface area contributed by atoms with Gasteiger partial charge >= 0.3 is 0 Å². The fourth-order valence-electron chi connectivity index (χ4n) is 3.76. The van der Waals surface area contributed by atoms with Crippen LogP contribution >= 0.6 is 0 Å². The highest BCUT2D eigenvalue weighted by Gasteiger charge is 2.19. The molecule has 154 valence electrons. The van der Waals surface area contributed by atoms with Crippen molar-refractivity contribution in [3.8, 4) is 0 Å². The first-order valence-corrected chi connectivity index (χ1v) is 10.6. The lowest BCUT2D eigenvalue weighted by Gasteiger charge is -2.33. The molecule has 0 atom stereocenters. The fourth-order valence-corrected chi connectivity index (χ4v) is 3.76. The van der Waals surface area contributed by atoms with E-state index >= 15 is 0 Å². The van der Waals surface area contributed by atoms with Crippen molar-refractivity contribution >= 4 is 17.7 Å². The van der Waals surface area contributed by atoms with Crippen LogP contribution in [0.5, 0.6) is 0 Å². The Labute approximate surface area is 175 Å². The Morgan fingerprint density at radius 2 is 1.69 bits per heavy atom. The summed E-state index contributed by atoms with van der Waals surface area (Å²) in [6, 6.07) is 16.6. The van der Waals surface area contributed by atoms with Gasteiger partial charge in [-0.15, -0.1) is 0 Å².